The van der Waals surface area contributed by atoms with Gasteiger partial charge in [0.1, 0.15) is 0 Å². The molecule has 0 unspecified atom stereocenters. The Balaban J connectivity index is 1.66. The lowest BCUT2D eigenvalue weighted by molar-refractivity contribution is -0.228. The lowest BCUT2D eigenvalue weighted by Crippen LogP contribution is -2.47. The number of hydrogen-bond donors (Lipinski definition) is 2. The average Bonchev–Trinajstić information content (AvgIpc) is 2.77. The largest absolute Gasteiger partial charge is 0.365 e. The second-order valence-electron chi connectivity index (χ2n) is 8.15. The molecule has 0 aromatic heterocycles. The van der Waals surface area contributed by atoms with E-state index in [1.165, 1.54) is 11.1 Å². The van der Waals surface area contributed by atoms with Crippen LogP contribution in [0.25, 0.3) is 11.1 Å². The number of aliphatic hydroxyl groups is 1. The van der Waals surface area contributed by atoms with Crippen molar-refractivity contribution in [2.75, 3.05) is 20.2 Å². The van der Waals surface area contributed by atoms with Crippen molar-refractivity contribution >= 4 is 0 Å². The zero-order valence-corrected chi connectivity index (χ0v) is 17.6. The number of nitriles is 1. The van der Waals surface area contributed by atoms with Gasteiger partial charge in [0.25, 0.3) is 0 Å². The van der Waals surface area contributed by atoms with Gasteiger partial charge >= 0.3 is 0 Å². The van der Waals surface area contributed by atoms with Crippen LogP contribution >= 0.6 is 0 Å². The molecule has 4 nitrogen and oxygen atoms in total. The van der Waals surface area contributed by atoms with Crippen molar-refractivity contribution < 1.29 is 9.84 Å². The lowest BCUT2D eigenvalue weighted by Gasteiger charge is -2.37. The fourth-order valence-electron chi connectivity index (χ4n) is 4.35. The molecule has 0 spiro atoms. The molecular formula is C25H32N2O2. The Kier molecular flexibility index (Phi) is 7.44. The Bertz CT molecular complexity index is 852. The first-order chi connectivity index (χ1) is 14.1. The molecule has 2 aromatic carbocycles. The van der Waals surface area contributed by atoms with Crippen LogP contribution in [0.4, 0.5) is 0 Å². The molecule has 0 radical (unpaired) electrons. The number of rotatable bonds is 8. The Morgan fingerprint density at radius 1 is 1.24 bits per heavy atom. The van der Waals surface area contributed by atoms with E-state index in [-0.39, 0.29) is 5.92 Å². The Morgan fingerprint density at radius 2 is 2.10 bits per heavy atom. The van der Waals surface area contributed by atoms with Gasteiger partial charge in [-0.25, -0.2) is 0 Å². The van der Waals surface area contributed by atoms with Crippen LogP contribution in [0.3, 0.4) is 0 Å². The van der Waals surface area contributed by atoms with Gasteiger partial charge in [-0.3, -0.25) is 0 Å². The maximum atomic E-state index is 11.0. The molecule has 0 saturated carbocycles. The minimum atomic E-state index is -1.04. The number of methoxy groups -OCH3 is 1. The molecule has 1 heterocycles. The van der Waals surface area contributed by atoms with Gasteiger partial charge in [0.15, 0.2) is 5.79 Å². The molecule has 2 atom stereocenters. The highest BCUT2D eigenvalue weighted by Gasteiger charge is 2.36. The van der Waals surface area contributed by atoms with Crippen LogP contribution in [0.5, 0.6) is 0 Å². The molecule has 1 saturated heterocycles. The molecule has 1 aliphatic heterocycles. The first-order valence-electron chi connectivity index (χ1n) is 10.6. The van der Waals surface area contributed by atoms with E-state index in [0.717, 1.165) is 56.3 Å². The second-order valence-corrected chi connectivity index (χ2v) is 8.15. The fourth-order valence-corrected chi connectivity index (χ4v) is 4.35. The third-order valence-corrected chi connectivity index (χ3v) is 6.09. The molecule has 0 aliphatic carbocycles. The fraction of sp³-hybridized carbons (Fsp3) is 0.480. The molecule has 0 bridgehead atoms. The topological polar surface area (TPSA) is 65.3 Å². The van der Waals surface area contributed by atoms with Crippen LogP contribution in [0.1, 0.15) is 48.8 Å². The number of ether oxygens (including phenoxy) is 1. The number of nitrogens with zero attached hydrogens (tertiary/aromatic N) is 1. The minimum absolute atomic E-state index is 0.152. The van der Waals surface area contributed by atoms with E-state index in [0.29, 0.717) is 12.0 Å². The van der Waals surface area contributed by atoms with Crippen molar-refractivity contribution in [2.24, 2.45) is 5.92 Å². The van der Waals surface area contributed by atoms with Gasteiger partial charge in [-0.1, -0.05) is 35.9 Å². The summed E-state index contributed by atoms with van der Waals surface area (Å²) in [6.45, 7) is 3.93. The lowest BCUT2D eigenvalue weighted by atomic mass is 9.86. The summed E-state index contributed by atoms with van der Waals surface area (Å²) in [6.07, 6.45) is 5.51. The summed E-state index contributed by atoms with van der Waals surface area (Å²) < 4.78 is 5.55. The predicted octanol–water partition coefficient (Wildman–Crippen LogP) is 4.58. The predicted molar refractivity (Wildman–Crippen MR) is 116 cm³/mol. The van der Waals surface area contributed by atoms with Crippen LogP contribution in [0, 0.1) is 24.2 Å². The van der Waals surface area contributed by atoms with Crippen molar-refractivity contribution in [1.82, 2.24) is 5.32 Å². The number of nitrogens with one attached hydrogen (secondary N) is 1. The van der Waals surface area contributed by atoms with Gasteiger partial charge in [-0.15, -0.1) is 0 Å². The maximum Gasteiger partial charge on any atom is 0.169 e. The van der Waals surface area contributed by atoms with E-state index in [2.05, 4.69) is 48.6 Å². The molecule has 2 N–H and O–H groups in total. The Labute approximate surface area is 174 Å². The van der Waals surface area contributed by atoms with Crippen molar-refractivity contribution in [1.29, 1.82) is 5.26 Å². The summed E-state index contributed by atoms with van der Waals surface area (Å²) in [5.41, 5.74) is 5.42. The van der Waals surface area contributed by atoms with Crippen LogP contribution in [0.2, 0.25) is 0 Å². The summed E-state index contributed by atoms with van der Waals surface area (Å²) in [7, 11) is 1.62. The van der Waals surface area contributed by atoms with Gasteiger partial charge in [0.05, 0.1) is 11.6 Å². The van der Waals surface area contributed by atoms with E-state index >= 15 is 0 Å². The maximum absolute atomic E-state index is 11.0. The quantitative estimate of drug-likeness (QED) is 0.510. The number of benzene rings is 2. The molecular weight excluding hydrogens is 360 g/mol. The number of unbranched alkanes of at least 4 members (excludes halogenated alkanes) is 1. The summed E-state index contributed by atoms with van der Waals surface area (Å²) in [5.74, 6) is -0.892. The van der Waals surface area contributed by atoms with E-state index in [1.807, 2.05) is 12.1 Å². The highest BCUT2D eigenvalue weighted by Crippen LogP contribution is 2.31. The van der Waals surface area contributed by atoms with Crippen LogP contribution in [-0.2, 0) is 11.2 Å². The number of piperidine rings is 1. The zero-order valence-electron chi connectivity index (χ0n) is 17.6. The molecule has 154 valence electrons. The molecule has 1 aliphatic rings. The molecule has 29 heavy (non-hydrogen) atoms. The van der Waals surface area contributed by atoms with E-state index in [1.54, 1.807) is 7.11 Å². The van der Waals surface area contributed by atoms with Gasteiger partial charge in [-0.2, -0.15) is 5.26 Å². The first-order valence-corrected chi connectivity index (χ1v) is 10.6. The van der Waals surface area contributed by atoms with Gasteiger partial charge < -0.3 is 15.2 Å². The normalized spacial score (nSPS) is 18.8. The summed E-state index contributed by atoms with van der Waals surface area (Å²) in [5, 5.41) is 23.7. The smallest absolute Gasteiger partial charge is 0.169 e. The first kappa shape index (κ1) is 21.5. The molecule has 4 heteroatoms. The summed E-state index contributed by atoms with van der Waals surface area (Å²) in [4.78, 5) is 0. The monoisotopic (exact) mass is 392 g/mol. The highest BCUT2D eigenvalue weighted by molar-refractivity contribution is 5.69. The van der Waals surface area contributed by atoms with Gasteiger partial charge in [-0.05, 0) is 74.4 Å². The third-order valence-electron chi connectivity index (χ3n) is 6.09. The minimum Gasteiger partial charge on any atom is -0.365 e. The highest BCUT2D eigenvalue weighted by atomic mass is 16.6. The van der Waals surface area contributed by atoms with Gasteiger partial charge in [0.2, 0.25) is 0 Å². The van der Waals surface area contributed by atoms with Crippen molar-refractivity contribution in [3.8, 4) is 17.2 Å². The third kappa shape index (κ3) is 5.45. The molecule has 2 aromatic rings. The zero-order chi connectivity index (χ0) is 20.7. The van der Waals surface area contributed by atoms with E-state index in [4.69, 9.17) is 4.74 Å². The molecule has 0 amide bonds. The van der Waals surface area contributed by atoms with Crippen molar-refractivity contribution in [3.05, 3.63) is 59.2 Å². The summed E-state index contributed by atoms with van der Waals surface area (Å²) >= 11 is 0. The van der Waals surface area contributed by atoms with Crippen LogP contribution in [-0.4, -0.2) is 31.1 Å². The summed E-state index contributed by atoms with van der Waals surface area (Å²) in [6, 6.07) is 16.6. The molecule has 1 fully saturated rings. The van der Waals surface area contributed by atoms with Crippen LogP contribution < -0.4 is 5.32 Å². The molecule has 3 rings (SSSR count). The SMILES string of the molecule is CO[C@@](O)(CCCCc1ccc(C#N)cc1-c1cccc(C)c1)[C@@H]1CCCNC1. The average molecular weight is 393 g/mol. The standard InChI is InChI=1S/C25H32N2O2/c1-19-7-5-9-22(15-19)24-16-20(17-26)11-12-21(24)8-3-4-13-25(28,29-2)23-10-6-14-27-18-23/h5,7,9,11-12,15-16,23,27-28H,3-4,6,8,10,13-14,18H2,1-2H3/t23-,25+/m1/s1. The van der Waals surface area contributed by atoms with Crippen molar-refractivity contribution in [2.45, 2.75) is 51.2 Å². The number of aryl methyl sites for hydroxylation is 2. The van der Waals surface area contributed by atoms with E-state index < -0.39 is 5.79 Å². The number of hydrogen-bond acceptors (Lipinski definition) is 4. The van der Waals surface area contributed by atoms with Crippen LogP contribution in [0.15, 0.2) is 42.5 Å². The Hall–Kier alpha value is -2.19. The van der Waals surface area contributed by atoms with Gasteiger partial charge in [0, 0.05) is 26.0 Å². The van der Waals surface area contributed by atoms with E-state index in [9.17, 15) is 10.4 Å². The second kappa shape index (κ2) is 10.0. The Morgan fingerprint density at radius 3 is 2.79 bits per heavy atom. The van der Waals surface area contributed by atoms with Crippen molar-refractivity contribution in [3.63, 3.8) is 0 Å².